The molecular formula is C57H78F4N18O3. The molecule has 0 amide bonds. The molecule has 442 valence electrons. The number of H-pyrrole nitrogens is 3. The number of hydrogen-bond acceptors (Lipinski definition) is 18. The second-order valence-corrected chi connectivity index (χ2v) is 22.3. The molecule has 9 aromatic rings. The fourth-order valence-electron chi connectivity index (χ4n) is 10.7. The van der Waals surface area contributed by atoms with Crippen LogP contribution in [0.2, 0.25) is 0 Å². The topological polar surface area (TPSA) is 270 Å². The van der Waals surface area contributed by atoms with Gasteiger partial charge in [-0.2, -0.15) is 15.3 Å². The monoisotopic (exact) mass is 1140 g/mol. The van der Waals surface area contributed by atoms with Gasteiger partial charge in [-0.15, -0.1) is 0 Å². The van der Waals surface area contributed by atoms with Crippen molar-refractivity contribution in [2.75, 3.05) is 73.6 Å². The predicted octanol–water partition coefficient (Wildman–Crippen LogP) is 7.33. The minimum atomic E-state index is -1.79. The fourth-order valence-corrected chi connectivity index (χ4v) is 10.7. The van der Waals surface area contributed by atoms with E-state index in [1.165, 1.54) is 39.0 Å². The van der Waals surface area contributed by atoms with Crippen molar-refractivity contribution >= 4 is 50.6 Å². The number of nitrogens with one attached hydrogen (secondary N) is 6. The van der Waals surface area contributed by atoms with Gasteiger partial charge in [-0.3, -0.25) is 15.3 Å². The van der Waals surface area contributed by atoms with E-state index in [1.807, 2.05) is 30.9 Å². The molecule has 12 heterocycles. The van der Waals surface area contributed by atoms with Crippen molar-refractivity contribution in [3.05, 3.63) is 109 Å². The fraction of sp³-hybridized carbons (Fsp3) is 0.421. The Morgan fingerprint density at radius 1 is 0.585 bits per heavy atom. The summed E-state index contributed by atoms with van der Waals surface area (Å²) in [4.78, 5) is 32.2. The van der Waals surface area contributed by atoms with Gasteiger partial charge in [-0.05, 0) is 112 Å². The summed E-state index contributed by atoms with van der Waals surface area (Å²) in [7, 11) is 0. The number of rotatable bonds is 11. The maximum atomic E-state index is 14.6. The normalized spacial score (nSPS) is 20.3. The minimum absolute atomic E-state index is 0. The molecule has 3 saturated heterocycles. The zero-order chi connectivity index (χ0) is 57.5. The van der Waals surface area contributed by atoms with Gasteiger partial charge < -0.3 is 46.0 Å². The zero-order valence-corrected chi connectivity index (χ0v) is 46.0. The molecule has 25 heteroatoms. The number of hydrogen-bond donors (Lipinski definition) is 9. The number of pyridine rings is 6. The average molecular weight is 1140 g/mol. The van der Waals surface area contributed by atoms with Gasteiger partial charge in [0.05, 0.1) is 46.9 Å². The molecule has 4 fully saturated rings. The molecule has 9 N–H and O–H groups in total. The second kappa shape index (κ2) is 22.9. The molecule has 0 bridgehead atoms. The molecule has 21 nitrogen and oxygen atoms in total. The van der Waals surface area contributed by atoms with Gasteiger partial charge in [0.15, 0.2) is 34.4 Å². The summed E-state index contributed by atoms with van der Waals surface area (Å²) in [5.74, 6) is 0.781. The lowest BCUT2D eigenvalue weighted by molar-refractivity contribution is -0.0955. The third-order valence-corrected chi connectivity index (χ3v) is 16.1. The van der Waals surface area contributed by atoms with Crippen molar-refractivity contribution in [3.63, 3.8) is 0 Å². The molecule has 3 aliphatic heterocycles. The lowest BCUT2D eigenvalue weighted by Crippen LogP contribution is -2.66. The minimum Gasteiger partial charge on any atom is -0.391 e. The second-order valence-electron chi connectivity index (χ2n) is 22.3. The highest BCUT2D eigenvalue weighted by molar-refractivity contribution is 5.91. The van der Waals surface area contributed by atoms with E-state index >= 15 is 0 Å². The van der Waals surface area contributed by atoms with Crippen molar-refractivity contribution in [1.82, 2.24) is 76.4 Å². The van der Waals surface area contributed by atoms with Gasteiger partial charge in [-0.1, -0.05) is 13.8 Å². The highest BCUT2D eigenvalue weighted by Gasteiger charge is 2.49. The molecule has 0 aromatic carbocycles. The molecule has 4 aliphatic rings. The first-order chi connectivity index (χ1) is 39.4. The molecule has 5 atom stereocenters. The van der Waals surface area contributed by atoms with Gasteiger partial charge in [0.1, 0.15) is 45.8 Å². The van der Waals surface area contributed by atoms with Crippen molar-refractivity contribution < 1.29 is 41.4 Å². The third-order valence-electron chi connectivity index (χ3n) is 16.1. The number of fused-ring (bicyclic) bond motifs is 3. The summed E-state index contributed by atoms with van der Waals surface area (Å²) in [6, 6.07) is 19.5. The molecule has 82 heavy (non-hydrogen) atoms. The number of piperazine rings is 3. The summed E-state index contributed by atoms with van der Waals surface area (Å²) in [6.45, 7) is 13.9. The number of aliphatic hydroxyl groups excluding tert-OH is 1. The Morgan fingerprint density at radius 2 is 0.988 bits per heavy atom. The van der Waals surface area contributed by atoms with E-state index in [0.717, 1.165) is 49.8 Å². The highest BCUT2D eigenvalue weighted by Crippen LogP contribution is 2.40. The first-order valence-electron chi connectivity index (χ1n) is 27.5. The van der Waals surface area contributed by atoms with Crippen LogP contribution in [0.25, 0.3) is 67.3 Å². The van der Waals surface area contributed by atoms with Crippen LogP contribution in [0.3, 0.4) is 0 Å². The van der Waals surface area contributed by atoms with Gasteiger partial charge >= 0.3 is 0 Å². The molecule has 1 saturated carbocycles. The summed E-state index contributed by atoms with van der Waals surface area (Å²) >= 11 is 0. The number of halogens is 4. The third kappa shape index (κ3) is 11.4. The molecule has 9 aromatic heterocycles. The first-order valence-corrected chi connectivity index (χ1v) is 27.5. The van der Waals surface area contributed by atoms with E-state index in [2.05, 4.69) is 86.2 Å². The molecular weight excluding hydrogens is 1060 g/mol. The Morgan fingerprint density at radius 3 is 1.40 bits per heavy atom. The van der Waals surface area contributed by atoms with Gasteiger partial charge in [0.2, 0.25) is 0 Å². The summed E-state index contributed by atoms with van der Waals surface area (Å²) in [5, 5.41) is 64.5. The molecule has 0 radical (unpaired) electrons. The van der Waals surface area contributed by atoms with E-state index < -0.39 is 46.5 Å². The molecule has 4 unspecified atom stereocenters. The molecule has 0 spiro atoms. The van der Waals surface area contributed by atoms with E-state index in [4.69, 9.17) is 0 Å². The van der Waals surface area contributed by atoms with Crippen LogP contribution in [-0.2, 0) is 0 Å². The van der Waals surface area contributed by atoms with E-state index in [-0.39, 0.29) is 43.6 Å². The Hall–Kier alpha value is -7.81. The Kier molecular flexibility index (Phi) is 15.6. The van der Waals surface area contributed by atoms with Crippen LogP contribution < -0.4 is 30.7 Å². The SMILES string of the molecule is CC(C)(F)C(C)(O)C1CN(c2ccc(F)c(-c3[nH]nc4ncccc34)n2)CCN1.CC(C)C(O)C1CN(c2ccc(F)c(-c3[nH]nc4ncccc34)n2)CCN1.OC1([C@@H]2CN(c3ccc(F)c(-c4[nH]nc5ncccc45)n3)CCN2)CC1.[HH].[HH].[HH].[HH].[HH].[HH]. The average Bonchev–Trinajstić information content (AvgIpc) is 1.92. The van der Waals surface area contributed by atoms with Crippen molar-refractivity contribution in [2.45, 2.75) is 88.6 Å². The Labute approximate surface area is 478 Å². The number of alkyl halides is 1. The number of aromatic nitrogens is 12. The van der Waals surface area contributed by atoms with Crippen LogP contribution in [-0.4, -0.2) is 176 Å². The van der Waals surface area contributed by atoms with Crippen LogP contribution >= 0.6 is 0 Å². The van der Waals surface area contributed by atoms with Crippen LogP contribution in [0.15, 0.2) is 91.4 Å². The van der Waals surface area contributed by atoms with Gasteiger partial charge in [0.25, 0.3) is 0 Å². The van der Waals surface area contributed by atoms with Crippen molar-refractivity contribution in [1.29, 1.82) is 0 Å². The van der Waals surface area contributed by atoms with Gasteiger partial charge in [-0.25, -0.2) is 47.5 Å². The van der Waals surface area contributed by atoms with Crippen molar-refractivity contribution in [3.8, 4) is 34.2 Å². The maximum Gasteiger partial charge on any atom is 0.181 e. The van der Waals surface area contributed by atoms with E-state index in [1.54, 1.807) is 61.1 Å². The largest absolute Gasteiger partial charge is 0.391 e. The Bertz CT molecular complexity index is 3730. The van der Waals surface area contributed by atoms with E-state index in [0.29, 0.717) is 89.6 Å². The molecule has 1 aliphatic carbocycles. The number of aromatic amines is 3. The number of nitrogens with zero attached hydrogens (tertiary/aromatic N) is 12. The standard InChI is InChI=1S/C20H24F2N6O.C19H23FN6O.C18H19FN6O.6H2/c1-19(2,22)20(3,29)14-11-28(10-9-23-14)15-7-6-13(21)17(25-15)16-12-5-4-8-24-18(12)27-26-16;1-11(2)18(27)14-10-26(9-8-21-14)15-6-5-13(20)17(23-15)16-12-4-3-7-22-19(12)25-24-16;19-12-3-4-14(25-9-8-20-13(10-25)18(26)5-6-18)22-16(12)15-11-2-1-7-21-17(11)24-23-15;;;;;;/h4-8,14,23,29H,9-11H2,1-3H3,(H,24,26,27);3-7,11,14,18,21,27H,8-10H2,1-2H3,(H,22,24,25);1-4,7,13,20,26H,5-6,8-10H2,(H,21,23,24);6*1H/t;;13-;;;;;;/m..0....../s1. The lowest BCUT2D eigenvalue weighted by atomic mass is 9.81. The van der Waals surface area contributed by atoms with Crippen LogP contribution in [0.5, 0.6) is 0 Å². The van der Waals surface area contributed by atoms with Crippen LogP contribution in [0.4, 0.5) is 35.0 Å². The number of aliphatic hydroxyl groups is 3. The van der Waals surface area contributed by atoms with Crippen molar-refractivity contribution in [2.24, 2.45) is 5.92 Å². The number of anilines is 3. The summed E-state index contributed by atoms with van der Waals surface area (Å²) in [5.41, 5.74) is -0.330. The van der Waals surface area contributed by atoms with E-state index in [9.17, 15) is 32.9 Å². The quantitative estimate of drug-likeness (QED) is 0.0574. The first kappa shape index (κ1) is 56.1. The van der Waals surface area contributed by atoms with Crippen LogP contribution in [0.1, 0.15) is 56.0 Å². The maximum absolute atomic E-state index is 14.6. The lowest BCUT2D eigenvalue weighted by Gasteiger charge is -2.45. The smallest absolute Gasteiger partial charge is 0.181 e. The van der Waals surface area contributed by atoms with Gasteiger partial charge in [0, 0.05) is 102 Å². The Balaban J connectivity index is 0.000000233. The highest BCUT2D eigenvalue weighted by atomic mass is 19.1. The zero-order valence-electron chi connectivity index (χ0n) is 46.0. The summed E-state index contributed by atoms with van der Waals surface area (Å²) in [6.07, 6.45) is 6.12. The van der Waals surface area contributed by atoms with Crippen LogP contribution in [0, 0.1) is 23.4 Å². The molecule has 13 rings (SSSR count). The predicted molar refractivity (Wildman–Crippen MR) is 317 cm³/mol. The summed E-state index contributed by atoms with van der Waals surface area (Å²) < 4.78 is 58.2.